The molecule has 22 heavy (non-hydrogen) atoms. The molecule has 5 heteroatoms. The van der Waals surface area contributed by atoms with Gasteiger partial charge in [-0.05, 0) is 49.9 Å². The lowest BCUT2D eigenvalue weighted by Gasteiger charge is -2.38. The Kier molecular flexibility index (Phi) is 5.16. The highest BCUT2D eigenvalue weighted by molar-refractivity contribution is 9.10. The molecule has 1 aromatic carbocycles. The third-order valence-corrected chi connectivity index (χ3v) is 5.41. The van der Waals surface area contributed by atoms with Gasteiger partial charge in [0.05, 0.1) is 6.04 Å². The van der Waals surface area contributed by atoms with Gasteiger partial charge in [-0.15, -0.1) is 0 Å². The first kappa shape index (κ1) is 16.0. The maximum atomic E-state index is 12.3. The van der Waals surface area contributed by atoms with E-state index in [-0.39, 0.29) is 17.4 Å². The van der Waals surface area contributed by atoms with Crippen molar-refractivity contribution in [2.75, 3.05) is 26.3 Å². The van der Waals surface area contributed by atoms with Gasteiger partial charge < -0.3 is 15.4 Å². The van der Waals surface area contributed by atoms with E-state index in [1.54, 1.807) is 0 Å². The molecule has 2 saturated heterocycles. The maximum absolute atomic E-state index is 12.3. The van der Waals surface area contributed by atoms with Crippen LogP contribution in [0.4, 0.5) is 0 Å². The number of amides is 1. The van der Waals surface area contributed by atoms with Gasteiger partial charge in [0.15, 0.2) is 0 Å². The van der Waals surface area contributed by atoms with Crippen LogP contribution in [0.3, 0.4) is 0 Å². The Labute approximate surface area is 140 Å². The zero-order valence-electron chi connectivity index (χ0n) is 12.7. The molecule has 2 fully saturated rings. The summed E-state index contributed by atoms with van der Waals surface area (Å²) < 4.78 is 6.62. The minimum Gasteiger partial charge on any atom is -0.381 e. The van der Waals surface area contributed by atoms with Crippen molar-refractivity contribution in [3.05, 3.63) is 34.3 Å². The van der Waals surface area contributed by atoms with Crippen molar-refractivity contribution in [1.82, 2.24) is 10.6 Å². The average molecular weight is 367 g/mol. The number of nitrogens with one attached hydrogen (secondary N) is 2. The highest BCUT2D eigenvalue weighted by Crippen LogP contribution is 2.35. The second-order valence-corrected chi connectivity index (χ2v) is 7.18. The third kappa shape index (κ3) is 3.53. The lowest BCUT2D eigenvalue weighted by atomic mass is 9.74. The van der Waals surface area contributed by atoms with Crippen LogP contribution in [0.2, 0.25) is 0 Å². The van der Waals surface area contributed by atoms with Crippen LogP contribution in [-0.4, -0.2) is 38.3 Å². The molecule has 0 saturated carbocycles. The molecule has 0 aromatic heterocycles. The number of rotatable bonds is 4. The molecule has 3 rings (SSSR count). The second-order valence-electron chi connectivity index (χ2n) is 6.27. The van der Waals surface area contributed by atoms with Gasteiger partial charge in [-0.3, -0.25) is 4.79 Å². The molecular formula is C17H23BrN2O2. The van der Waals surface area contributed by atoms with Crippen molar-refractivity contribution >= 4 is 21.8 Å². The van der Waals surface area contributed by atoms with Crippen molar-refractivity contribution in [3.8, 4) is 0 Å². The number of hydrogen-bond acceptors (Lipinski definition) is 3. The first-order valence-electron chi connectivity index (χ1n) is 8.05. The summed E-state index contributed by atoms with van der Waals surface area (Å²) >= 11 is 3.49. The van der Waals surface area contributed by atoms with Gasteiger partial charge in [0.2, 0.25) is 5.91 Å². The normalized spacial score (nSPS) is 24.1. The van der Waals surface area contributed by atoms with Gasteiger partial charge in [0.1, 0.15) is 0 Å². The van der Waals surface area contributed by atoms with Gasteiger partial charge in [-0.1, -0.05) is 28.1 Å². The summed E-state index contributed by atoms with van der Waals surface area (Å²) in [5.74, 6) is 0.139. The number of halogens is 1. The molecule has 0 bridgehead atoms. The molecule has 2 heterocycles. The van der Waals surface area contributed by atoms with Gasteiger partial charge in [-0.25, -0.2) is 0 Å². The van der Waals surface area contributed by atoms with Crippen LogP contribution in [-0.2, 0) is 14.9 Å². The summed E-state index contributed by atoms with van der Waals surface area (Å²) in [7, 11) is 0. The van der Waals surface area contributed by atoms with Crippen LogP contribution in [0.25, 0.3) is 0 Å². The van der Waals surface area contributed by atoms with Gasteiger partial charge >= 0.3 is 0 Å². The largest absolute Gasteiger partial charge is 0.381 e. The van der Waals surface area contributed by atoms with E-state index in [0.717, 1.165) is 49.9 Å². The molecule has 2 aliphatic heterocycles. The average Bonchev–Trinajstić information content (AvgIpc) is 3.09. The summed E-state index contributed by atoms with van der Waals surface area (Å²) in [6.45, 7) is 3.15. The Morgan fingerprint density at radius 2 is 2.05 bits per heavy atom. The third-order valence-electron chi connectivity index (χ3n) is 4.88. The standard InChI is InChI=1S/C17H23BrN2O2/c18-14-5-3-13(4-6-14)17(7-10-22-11-8-17)12-20-16(21)15-2-1-9-19-15/h3-6,15,19H,1-2,7-12H2,(H,20,21). The van der Waals surface area contributed by atoms with Crippen LogP contribution in [0, 0.1) is 0 Å². The van der Waals surface area contributed by atoms with Crippen molar-refractivity contribution in [2.45, 2.75) is 37.1 Å². The summed E-state index contributed by atoms with van der Waals surface area (Å²) in [4.78, 5) is 12.3. The quantitative estimate of drug-likeness (QED) is 0.859. The highest BCUT2D eigenvalue weighted by Gasteiger charge is 2.35. The fraction of sp³-hybridized carbons (Fsp3) is 0.588. The van der Waals surface area contributed by atoms with Crippen molar-refractivity contribution in [1.29, 1.82) is 0 Å². The topological polar surface area (TPSA) is 50.4 Å². The molecular weight excluding hydrogens is 344 g/mol. The molecule has 0 aliphatic carbocycles. The Hall–Kier alpha value is -0.910. The summed E-state index contributed by atoms with van der Waals surface area (Å²) in [6.07, 6.45) is 3.93. The fourth-order valence-corrected chi connectivity index (χ4v) is 3.69. The number of hydrogen-bond donors (Lipinski definition) is 2. The summed E-state index contributed by atoms with van der Waals surface area (Å²) in [6, 6.07) is 8.46. The molecule has 2 aliphatic rings. The molecule has 120 valence electrons. The van der Waals surface area contributed by atoms with Crippen LogP contribution in [0.5, 0.6) is 0 Å². The maximum Gasteiger partial charge on any atom is 0.237 e. The molecule has 1 amide bonds. The van der Waals surface area contributed by atoms with E-state index >= 15 is 0 Å². The SMILES string of the molecule is O=C(NCC1(c2ccc(Br)cc2)CCOCC1)C1CCCN1. The van der Waals surface area contributed by atoms with Gasteiger partial charge in [0.25, 0.3) is 0 Å². The van der Waals surface area contributed by atoms with E-state index in [2.05, 4.69) is 50.8 Å². The van der Waals surface area contributed by atoms with Crippen molar-refractivity contribution in [2.24, 2.45) is 0 Å². The predicted molar refractivity (Wildman–Crippen MR) is 89.9 cm³/mol. The van der Waals surface area contributed by atoms with E-state index in [4.69, 9.17) is 4.74 Å². The molecule has 4 nitrogen and oxygen atoms in total. The Balaban J connectivity index is 1.71. The zero-order chi connectivity index (χ0) is 15.4. The van der Waals surface area contributed by atoms with E-state index in [1.807, 2.05) is 0 Å². The highest BCUT2D eigenvalue weighted by atomic mass is 79.9. The molecule has 0 spiro atoms. The number of ether oxygens (including phenoxy) is 1. The van der Waals surface area contributed by atoms with Crippen LogP contribution < -0.4 is 10.6 Å². The molecule has 1 unspecified atom stereocenters. The first-order valence-corrected chi connectivity index (χ1v) is 8.84. The van der Waals surface area contributed by atoms with Crippen LogP contribution in [0.1, 0.15) is 31.2 Å². The van der Waals surface area contributed by atoms with Gasteiger partial charge in [-0.2, -0.15) is 0 Å². The molecule has 1 aromatic rings. The van der Waals surface area contributed by atoms with E-state index < -0.39 is 0 Å². The number of carbonyl (C=O) groups is 1. The molecule has 2 N–H and O–H groups in total. The van der Waals surface area contributed by atoms with Gasteiger partial charge in [0, 0.05) is 29.6 Å². The van der Waals surface area contributed by atoms with Crippen LogP contribution >= 0.6 is 15.9 Å². The van der Waals surface area contributed by atoms with E-state index in [1.165, 1.54) is 5.56 Å². The lowest BCUT2D eigenvalue weighted by Crippen LogP contribution is -2.48. The minimum atomic E-state index is -0.0122. The lowest BCUT2D eigenvalue weighted by molar-refractivity contribution is -0.123. The van der Waals surface area contributed by atoms with Crippen molar-refractivity contribution in [3.63, 3.8) is 0 Å². The first-order chi connectivity index (χ1) is 10.7. The Morgan fingerprint density at radius 1 is 1.32 bits per heavy atom. The van der Waals surface area contributed by atoms with E-state index in [9.17, 15) is 4.79 Å². The van der Waals surface area contributed by atoms with E-state index in [0.29, 0.717) is 6.54 Å². The number of carbonyl (C=O) groups excluding carboxylic acids is 1. The second kappa shape index (κ2) is 7.11. The fourth-order valence-electron chi connectivity index (χ4n) is 3.42. The van der Waals surface area contributed by atoms with Crippen LogP contribution in [0.15, 0.2) is 28.7 Å². The Morgan fingerprint density at radius 3 is 2.68 bits per heavy atom. The number of benzene rings is 1. The monoisotopic (exact) mass is 366 g/mol. The Bertz CT molecular complexity index is 506. The van der Waals surface area contributed by atoms with Crippen molar-refractivity contribution < 1.29 is 9.53 Å². The predicted octanol–water partition coefficient (Wildman–Crippen LogP) is 2.37. The zero-order valence-corrected chi connectivity index (χ0v) is 14.3. The summed E-state index contributed by atoms with van der Waals surface area (Å²) in [5, 5.41) is 6.44. The minimum absolute atomic E-state index is 0.00673. The smallest absolute Gasteiger partial charge is 0.237 e. The molecule has 0 radical (unpaired) electrons. The molecule has 1 atom stereocenters. The summed E-state index contributed by atoms with van der Waals surface area (Å²) in [5.41, 5.74) is 1.28.